The fourth-order valence-corrected chi connectivity index (χ4v) is 4.33. The van der Waals surface area contributed by atoms with Gasteiger partial charge in [-0.15, -0.1) is 11.3 Å². The van der Waals surface area contributed by atoms with Crippen LogP contribution in [0.1, 0.15) is 27.4 Å². The highest BCUT2D eigenvalue weighted by atomic mass is 32.1. The van der Waals surface area contributed by atoms with Crippen LogP contribution in [0.3, 0.4) is 0 Å². The van der Waals surface area contributed by atoms with Crippen LogP contribution in [-0.4, -0.2) is 32.7 Å². The molecule has 154 valence electrons. The lowest BCUT2D eigenvalue weighted by Gasteiger charge is -2.10. The normalized spacial score (nSPS) is 11.0. The quantitative estimate of drug-likeness (QED) is 0.500. The number of nitrogens with one attached hydrogen (secondary N) is 2. The minimum atomic E-state index is -0.275. The number of rotatable bonds is 6. The highest BCUT2D eigenvalue weighted by molar-refractivity contribution is 7.17. The second-order valence-corrected chi connectivity index (χ2v) is 8.22. The standard InChI is InChI=1S/C22H23N5O2S/c1-14-9-15(2)27(25-14)13-16-5-4-6-17(10-16)24-21(28)12-23-22(29)19-11-20-18(26(19)3)7-8-30-20/h4-11H,12-13H2,1-3H3,(H,23,29)(H,24,28). The van der Waals surface area contributed by atoms with Crippen LogP contribution in [0.4, 0.5) is 5.69 Å². The summed E-state index contributed by atoms with van der Waals surface area (Å²) in [4.78, 5) is 24.8. The average Bonchev–Trinajstić information content (AvgIpc) is 3.37. The lowest BCUT2D eigenvalue weighted by Crippen LogP contribution is -2.33. The van der Waals surface area contributed by atoms with E-state index in [2.05, 4.69) is 15.7 Å². The molecule has 2 N–H and O–H groups in total. The Morgan fingerprint density at radius 3 is 2.70 bits per heavy atom. The van der Waals surface area contributed by atoms with Gasteiger partial charge >= 0.3 is 0 Å². The van der Waals surface area contributed by atoms with Crippen LogP contribution in [0.25, 0.3) is 10.2 Å². The number of anilines is 1. The Kier molecular flexibility index (Phi) is 5.41. The molecule has 0 aliphatic heterocycles. The zero-order chi connectivity index (χ0) is 21.3. The van der Waals surface area contributed by atoms with Gasteiger partial charge < -0.3 is 15.2 Å². The van der Waals surface area contributed by atoms with Crippen LogP contribution >= 0.6 is 11.3 Å². The van der Waals surface area contributed by atoms with E-state index >= 15 is 0 Å². The zero-order valence-electron chi connectivity index (χ0n) is 17.1. The molecule has 8 heteroatoms. The van der Waals surface area contributed by atoms with Crippen molar-refractivity contribution in [2.45, 2.75) is 20.4 Å². The number of benzene rings is 1. The molecule has 30 heavy (non-hydrogen) atoms. The first-order valence-electron chi connectivity index (χ1n) is 9.61. The molecule has 4 aromatic rings. The smallest absolute Gasteiger partial charge is 0.268 e. The number of hydrogen-bond donors (Lipinski definition) is 2. The summed E-state index contributed by atoms with van der Waals surface area (Å²) in [7, 11) is 1.85. The average molecular weight is 422 g/mol. The summed E-state index contributed by atoms with van der Waals surface area (Å²) in [5.41, 5.74) is 5.33. The van der Waals surface area contributed by atoms with Crippen molar-refractivity contribution in [3.63, 3.8) is 0 Å². The Morgan fingerprint density at radius 2 is 1.97 bits per heavy atom. The summed E-state index contributed by atoms with van der Waals surface area (Å²) >= 11 is 1.58. The van der Waals surface area contributed by atoms with E-state index in [-0.39, 0.29) is 18.4 Å². The van der Waals surface area contributed by atoms with Gasteiger partial charge in [-0.2, -0.15) is 5.10 Å². The number of fused-ring (bicyclic) bond motifs is 1. The van der Waals surface area contributed by atoms with Gasteiger partial charge in [-0.25, -0.2) is 0 Å². The monoisotopic (exact) mass is 421 g/mol. The third kappa shape index (κ3) is 4.13. The van der Waals surface area contributed by atoms with E-state index < -0.39 is 0 Å². The van der Waals surface area contributed by atoms with Gasteiger partial charge in [0.15, 0.2) is 0 Å². The first-order valence-corrected chi connectivity index (χ1v) is 10.5. The van der Waals surface area contributed by atoms with Crippen molar-refractivity contribution < 1.29 is 9.59 Å². The second kappa shape index (κ2) is 8.16. The largest absolute Gasteiger partial charge is 0.342 e. The van der Waals surface area contributed by atoms with Crippen molar-refractivity contribution in [2.75, 3.05) is 11.9 Å². The predicted molar refractivity (Wildman–Crippen MR) is 119 cm³/mol. The Labute approximate surface area is 178 Å². The molecule has 0 atom stereocenters. The number of carbonyl (C=O) groups is 2. The van der Waals surface area contributed by atoms with Gasteiger partial charge in [0.25, 0.3) is 5.91 Å². The molecule has 0 fully saturated rings. The molecule has 0 aliphatic rings. The molecule has 2 amide bonds. The molecule has 0 spiro atoms. The number of carbonyl (C=O) groups excluding carboxylic acids is 2. The minimum Gasteiger partial charge on any atom is -0.342 e. The molecule has 0 bridgehead atoms. The Bertz CT molecular complexity index is 1230. The van der Waals surface area contributed by atoms with Gasteiger partial charge in [-0.05, 0) is 55.1 Å². The number of amides is 2. The van der Waals surface area contributed by atoms with Crippen LogP contribution in [-0.2, 0) is 18.4 Å². The van der Waals surface area contributed by atoms with Crippen LogP contribution in [0.2, 0.25) is 0 Å². The van der Waals surface area contributed by atoms with Gasteiger partial charge in [0.1, 0.15) is 5.69 Å². The van der Waals surface area contributed by atoms with E-state index in [0.29, 0.717) is 17.9 Å². The number of thiophene rings is 1. The molecule has 1 aromatic carbocycles. The first-order chi connectivity index (χ1) is 14.4. The van der Waals surface area contributed by atoms with E-state index in [0.717, 1.165) is 27.2 Å². The first kappa shape index (κ1) is 19.9. The third-order valence-corrected chi connectivity index (χ3v) is 5.81. The molecule has 3 heterocycles. The lowest BCUT2D eigenvalue weighted by molar-refractivity contribution is -0.115. The Balaban J connectivity index is 1.35. The maximum Gasteiger partial charge on any atom is 0.268 e. The molecule has 7 nitrogen and oxygen atoms in total. The molecule has 0 saturated carbocycles. The predicted octanol–water partition coefficient (Wildman–Crippen LogP) is 3.47. The Hall–Kier alpha value is -3.39. The molecule has 0 radical (unpaired) electrons. The van der Waals surface area contributed by atoms with E-state index in [1.165, 1.54) is 0 Å². The third-order valence-electron chi connectivity index (χ3n) is 4.95. The van der Waals surface area contributed by atoms with Gasteiger partial charge in [0.05, 0.1) is 29.0 Å². The summed E-state index contributed by atoms with van der Waals surface area (Å²) in [5.74, 6) is -0.544. The van der Waals surface area contributed by atoms with E-state index in [4.69, 9.17) is 0 Å². The van der Waals surface area contributed by atoms with Crippen LogP contribution in [0.15, 0.2) is 47.8 Å². The highest BCUT2D eigenvalue weighted by Gasteiger charge is 2.15. The zero-order valence-corrected chi connectivity index (χ0v) is 17.9. The van der Waals surface area contributed by atoms with E-state index in [9.17, 15) is 9.59 Å². The molecular weight excluding hydrogens is 398 g/mol. The van der Waals surface area contributed by atoms with Crippen molar-refractivity contribution in [3.05, 3.63) is 70.5 Å². The summed E-state index contributed by atoms with van der Waals surface area (Å²) in [5, 5.41) is 12.0. The molecule has 4 rings (SSSR count). The van der Waals surface area contributed by atoms with Crippen molar-refractivity contribution in [1.29, 1.82) is 0 Å². The van der Waals surface area contributed by atoms with Gasteiger partial charge in [-0.1, -0.05) is 12.1 Å². The molecule has 0 saturated heterocycles. The lowest BCUT2D eigenvalue weighted by atomic mass is 10.2. The SMILES string of the molecule is Cc1cc(C)n(Cc2cccc(NC(=O)CNC(=O)c3cc4sccc4n3C)c2)n1. The molecule has 0 aliphatic carbocycles. The maximum atomic E-state index is 12.5. The molecular formula is C22H23N5O2S. The highest BCUT2D eigenvalue weighted by Crippen LogP contribution is 2.24. The van der Waals surface area contributed by atoms with Gasteiger partial charge in [0, 0.05) is 18.4 Å². The Morgan fingerprint density at radius 1 is 1.13 bits per heavy atom. The summed E-state index contributed by atoms with van der Waals surface area (Å²) < 4.78 is 4.81. The van der Waals surface area contributed by atoms with E-state index in [1.54, 1.807) is 11.3 Å². The minimum absolute atomic E-state index is 0.0979. The van der Waals surface area contributed by atoms with Crippen molar-refractivity contribution in [3.8, 4) is 0 Å². The van der Waals surface area contributed by atoms with Gasteiger partial charge in [-0.3, -0.25) is 14.3 Å². The topological polar surface area (TPSA) is 81.0 Å². The number of hydrogen-bond acceptors (Lipinski definition) is 4. The number of aryl methyl sites for hydroxylation is 3. The summed E-state index contributed by atoms with van der Waals surface area (Å²) in [6, 6.07) is 13.5. The van der Waals surface area contributed by atoms with Crippen molar-refractivity contribution in [2.24, 2.45) is 7.05 Å². The van der Waals surface area contributed by atoms with E-state index in [1.807, 2.05) is 78.0 Å². The van der Waals surface area contributed by atoms with Gasteiger partial charge in [0.2, 0.25) is 5.91 Å². The second-order valence-electron chi connectivity index (χ2n) is 7.27. The number of aromatic nitrogens is 3. The fourth-order valence-electron chi connectivity index (χ4n) is 3.48. The summed E-state index contributed by atoms with van der Waals surface area (Å²) in [6.45, 7) is 4.52. The van der Waals surface area contributed by atoms with Crippen LogP contribution in [0, 0.1) is 13.8 Å². The van der Waals surface area contributed by atoms with Crippen molar-refractivity contribution in [1.82, 2.24) is 19.7 Å². The van der Waals surface area contributed by atoms with Crippen LogP contribution < -0.4 is 10.6 Å². The van der Waals surface area contributed by atoms with Crippen molar-refractivity contribution >= 4 is 39.1 Å². The van der Waals surface area contributed by atoms with Crippen LogP contribution in [0.5, 0.6) is 0 Å². The molecule has 3 aromatic heterocycles. The maximum absolute atomic E-state index is 12.5. The fraction of sp³-hybridized carbons (Fsp3) is 0.227. The number of nitrogens with zero attached hydrogens (tertiary/aromatic N) is 3. The molecule has 0 unspecified atom stereocenters. The summed E-state index contributed by atoms with van der Waals surface area (Å²) in [6.07, 6.45) is 0.